The first-order valence-electron chi connectivity index (χ1n) is 8.55. The van der Waals surface area contributed by atoms with E-state index < -0.39 is 24.0 Å². The van der Waals surface area contributed by atoms with Crippen LogP contribution in [0.3, 0.4) is 0 Å². The Morgan fingerprint density at radius 1 is 1.14 bits per heavy atom. The van der Waals surface area contributed by atoms with Crippen LogP contribution in [0, 0.1) is 11.3 Å². The Hall–Kier alpha value is -3.86. The van der Waals surface area contributed by atoms with Crippen LogP contribution < -0.4 is 9.64 Å². The second-order valence-corrected chi connectivity index (χ2v) is 6.38. The number of cyclic esters (lactones) is 1. The van der Waals surface area contributed by atoms with Crippen LogP contribution in [0.5, 0.6) is 5.75 Å². The van der Waals surface area contributed by atoms with Crippen molar-refractivity contribution in [2.75, 3.05) is 25.1 Å². The molecule has 4 rings (SSSR count). The molecule has 0 aromatic heterocycles. The number of nitrogens with zero attached hydrogens (tertiary/aromatic N) is 3. The molecule has 0 radical (unpaired) electrons. The zero-order valence-corrected chi connectivity index (χ0v) is 14.9. The van der Waals surface area contributed by atoms with Crippen LogP contribution in [0.15, 0.2) is 42.5 Å². The molecule has 2 aliphatic heterocycles. The van der Waals surface area contributed by atoms with Crippen LogP contribution in [0.25, 0.3) is 0 Å². The highest BCUT2D eigenvalue weighted by Crippen LogP contribution is 2.33. The summed E-state index contributed by atoms with van der Waals surface area (Å²) in [5.41, 5.74) is 1.55. The van der Waals surface area contributed by atoms with Crippen LogP contribution >= 0.6 is 0 Å². The number of nitriles is 1. The summed E-state index contributed by atoms with van der Waals surface area (Å²) in [7, 11) is 1.44. The third-order valence-electron chi connectivity index (χ3n) is 4.74. The van der Waals surface area contributed by atoms with Crippen molar-refractivity contribution in [1.82, 2.24) is 4.90 Å². The first-order valence-corrected chi connectivity index (χ1v) is 8.55. The normalized spacial score (nSPS) is 18.1. The lowest BCUT2D eigenvalue weighted by atomic mass is 10.1. The molecule has 0 N–H and O–H groups in total. The molecule has 0 aliphatic carbocycles. The van der Waals surface area contributed by atoms with Crippen LogP contribution in [0.2, 0.25) is 0 Å². The number of carbonyl (C=O) groups is 3. The molecule has 8 heteroatoms. The molecule has 0 bridgehead atoms. The van der Waals surface area contributed by atoms with Crippen molar-refractivity contribution in [3.8, 4) is 11.8 Å². The molecular formula is C20H15N3O5. The summed E-state index contributed by atoms with van der Waals surface area (Å²) >= 11 is 0. The van der Waals surface area contributed by atoms with Crippen molar-refractivity contribution >= 4 is 23.6 Å². The maximum Gasteiger partial charge on any atom is 0.414 e. The molecule has 2 aromatic carbocycles. The van der Waals surface area contributed by atoms with Gasteiger partial charge in [0.25, 0.3) is 11.8 Å². The van der Waals surface area contributed by atoms with Gasteiger partial charge in [-0.05, 0) is 24.3 Å². The van der Waals surface area contributed by atoms with E-state index >= 15 is 0 Å². The van der Waals surface area contributed by atoms with Crippen LogP contribution in [0.1, 0.15) is 26.3 Å². The minimum Gasteiger partial charge on any atom is -0.495 e. The van der Waals surface area contributed by atoms with Gasteiger partial charge in [0.15, 0.2) is 0 Å². The molecule has 28 heavy (non-hydrogen) atoms. The number of hydrogen-bond donors (Lipinski definition) is 0. The van der Waals surface area contributed by atoms with E-state index in [1.165, 1.54) is 18.1 Å². The fourth-order valence-electron chi connectivity index (χ4n) is 3.39. The van der Waals surface area contributed by atoms with Gasteiger partial charge in [0.05, 0.1) is 48.6 Å². The number of ether oxygens (including phenoxy) is 2. The summed E-state index contributed by atoms with van der Waals surface area (Å²) in [5, 5.41) is 9.01. The molecule has 1 saturated heterocycles. The quantitative estimate of drug-likeness (QED) is 0.757. The van der Waals surface area contributed by atoms with E-state index in [0.29, 0.717) is 28.1 Å². The Balaban J connectivity index is 1.53. The maximum atomic E-state index is 12.5. The summed E-state index contributed by atoms with van der Waals surface area (Å²) < 4.78 is 10.6. The van der Waals surface area contributed by atoms with Gasteiger partial charge in [-0.3, -0.25) is 19.4 Å². The molecular weight excluding hydrogens is 362 g/mol. The van der Waals surface area contributed by atoms with E-state index in [1.807, 2.05) is 6.07 Å². The standard InChI is InChI=1S/C20H15N3O5/c1-27-17-8-12(9-21)6-7-16(17)22-10-13(28-20(22)26)11-23-18(24)14-4-2-3-5-15(14)19(23)25/h2-8,13H,10-11H2,1H3. The molecule has 3 amide bonds. The lowest BCUT2D eigenvalue weighted by molar-refractivity contribution is 0.0558. The van der Waals surface area contributed by atoms with Gasteiger partial charge in [0.1, 0.15) is 11.9 Å². The van der Waals surface area contributed by atoms with Gasteiger partial charge in [-0.1, -0.05) is 12.1 Å². The zero-order valence-electron chi connectivity index (χ0n) is 14.9. The van der Waals surface area contributed by atoms with Gasteiger partial charge in [0, 0.05) is 6.07 Å². The largest absolute Gasteiger partial charge is 0.495 e. The van der Waals surface area contributed by atoms with Crippen LogP contribution in [-0.2, 0) is 4.74 Å². The van der Waals surface area contributed by atoms with E-state index in [9.17, 15) is 14.4 Å². The summed E-state index contributed by atoms with van der Waals surface area (Å²) in [6, 6.07) is 13.3. The Morgan fingerprint density at radius 3 is 2.43 bits per heavy atom. The number of hydrogen-bond acceptors (Lipinski definition) is 6. The van der Waals surface area contributed by atoms with Gasteiger partial charge >= 0.3 is 6.09 Å². The second-order valence-electron chi connectivity index (χ2n) is 6.38. The molecule has 0 spiro atoms. The highest BCUT2D eigenvalue weighted by atomic mass is 16.6. The molecule has 140 valence electrons. The van der Waals surface area contributed by atoms with E-state index in [0.717, 1.165) is 4.90 Å². The monoisotopic (exact) mass is 377 g/mol. The number of methoxy groups -OCH3 is 1. The Bertz CT molecular complexity index is 1010. The summed E-state index contributed by atoms with van der Waals surface area (Å²) in [6.07, 6.45) is -1.28. The SMILES string of the molecule is COc1cc(C#N)ccc1N1CC(CN2C(=O)c3ccccc3C2=O)OC1=O. The minimum atomic E-state index is -0.671. The van der Waals surface area contributed by atoms with E-state index in [1.54, 1.807) is 36.4 Å². The number of amides is 3. The van der Waals surface area contributed by atoms with Crippen LogP contribution in [0.4, 0.5) is 10.5 Å². The molecule has 0 saturated carbocycles. The third-order valence-corrected chi connectivity index (χ3v) is 4.74. The lowest BCUT2D eigenvalue weighted by Crippen LogP contribution is -2.38. The van der Waals surface area contributed by atoms with Gasteiger partial charge in [0.2, 0.25) is 0 Å². The van der Waals surface area contributed by atoms with Gasteiger partial charge < -0.3 is 9.47 Å². The third kappa shape index (κ3) is 2.74. The molecule has 2 aliphatic rings. The summed E-state index contributed by atoms with van der Waals surface area (Å²) in [6.45, 7) is 0.113. The molecule has 1 atom stereocenters. The number of rotatable bonds is 4. The summed E-state index contributed by atoms with van der Waals surface area (Å²) in [5.74, 6) is -0.436. The van der Waals surface area contributed by atoms with Gasteiger partial charge in [-0.25, -0.2) is 4.79 Å². The molecule has 1 fully saturated rings. The first kappa shape index (κ1) is 17.5. The average Bonchev–Trinajstić information content (AvgIpc) is 3.20. The first-order chi connectivity index (χ1) is 13.5. The topological polar surface area (TPSA) is 99.9 Å². The maximum absolute atomic E-state index is 12.5. The Labute approximate surface area is 160 Å². The van der Waals surface area contributed by atoms with E-state index in [-0.39, 0.29) is 13.1 Å². The molecule has 8 nitrogen and oxygen atoms in total. The number of fused-ring (bicyclic) bond motifs is 1. The fourth-order valence-corrected chi connectivity index (χ4v) is 3.39. The number of carbonyl (C=O) groups excluding carboxylic acids is 3. The smallest absolute Gasteiger partial charge is 0.414 e. The highest BCUT2D eigenvalue weighted by molar-refractivity contribution is 6.21. The predicted molar refractivity (Wildman–Crippen MR) is 97.1 cm³/mol. The average molecular weight is 377 g/mol. The Kier molecular flexibility index (Phi) is 4.20. The number of imide groups is 1. The fraction of sp³-hybridized carbons (Fsp3) is 0.200. The van der Waals surface area contributed by atoms with Crippen molar-refractivity contribution < 1.29 is 23.9 Å². The van der Waals surface area contributed by atoms with Crippen molar-refractivity contribution in [2.24, 2.45) is 0 Å². The van der Waals surface area contributed by atoms with Crippen molar-refractivity contribution in [3.05, 3.63) is 59.2 Å². The molecule has 1 unspecified atom stereocenters. The van der Waals surface area contributed by atoms with Crippen molar-refractivity contribution in [3.63, 3.8) is 0 Å². The Morgan fingerprint density at radius 2 is 1.82 bits per heavy atom. The minimum absolute atomic E-state index is 0.0345. The van der Waals surface area contributed by atoms with Crippen molar-refractivity contribution in [1.29, 1.82) is 5.26 Å². The van der Waals surface area contributed by atoms with E-state index in [2.05, 4.69) is 0 Å². The molecule has 2 heterocycles. The van der Waals surface area contributed by atoms with Gasteiger partial charge in [-0.15, -0.1) is 0 Å². The van der Waals surface area contributed by atoms with Crippen LogP contribution in [-0.4, -0.2) is 49.1 Å². The second kappa shape index (κ2) is 6.70. The summed E-state index contributed by atoms with van der Waals surface area (Å²) in [4.78, 5) is 39.8. The predicted octanol–water partition coefficient (Wildman–Crippen LogP) is 2.19. The van der Waals surface area contributed by atoms with Crippen molar-refractivity contribution in [2.45, 2.75) is 6.10 Å². The lowest BCUT2D eigenvalue weighted by Gasteiger charge is -2.18. The molecule has 2 aromatic rings. The van der Waals surface area contributed by atoms with E-state index in [4.69, 9.17) is 14.7 Å². The number of benzene rings is 2. The number of anilines is 1. The zero-order chi connectivity index (χ0) is 19.8. The van der Waals surface area contributed by atoms with Gasteiger partial charge in [-0.2, -0.15) is 5.26 Å². The highest BCUT2D eigenvalue weighted by Gasteiger charge is 2.41.